The largest absolute Gasteiger partial charge is 0.481 e. The molecular formula is C25H30N2O5. The van der Waals surface area contributed by atoms with E-state index in [0.717, 1.165) is 22.3 Å². The standard InChI is InChI=1S/C25H30N2O5/c1-15(2)22(13-23(28)26-16(3)12-24(29)30)27-25(31)32-14-21-19-10-6-4-8-17(19)18-9-5-7-11-20(18)21/h4-11,15-16,21-22H,12-14H2,1-3H3,(H,26,28)(H,27,31)(H,29,30)/t16-,22?/m0/s1. The number of hydrogen-bond donors (Lipinski definition) is 3. The van der Waals surface area contributed by atoms with Crippen LogP contribution in [0.25, 0.3) is 11.1 Å². The van der Waals surface area contributed by atoms with Crippen LogP contribution in [-0.4, -0.2) is 41.8 Å². The summed E-state index contributed by atoms with van der Waals surface area (Å²) in [5.74, 6) is -1.33. The van der Waals surface area contributed by atoms with Crippen LogP contribution in [-0.2, 0) is 14.3 Å². The molecule has 7 nitrogen and oxygen atoms in total. The maximum absolute atomic E-state index is 12.5. The van der Waals surface area contributed by atoms with E-state index in [-0.39, 0.29) is 37.2 Å². The van der Waals surface area contributed by atoms with Crippen LogP contribution in [0.4, 0.5) is 4.79 Å². The van der Waals surface area contributed by atoms with Crippen molar-refractivity contribution in [3.8, 4) is 11.1 Å². The van der Waals surface area contributed by atoms with Gasteiger partial charge >= 0.3 is 12.1 Å². The lowest BCUT2D eigenvalue weighted by molar-refractivity contribution is -0.137. The number of benzene rings is 2. The third-order valence-corrected chi connectivity index (χ3v) is 5.75. The van der Waals surface area contributed by atoms with Gasteiger partial charge in [-0.1, -0.05) is 62.4 Å². The maximum atomic E-state index is 12.5. The van der Waals surface area contributed by atoms with Crippen LogP contribution < -0.4 is 10.6 Å². The number of carbonyl (C=O) groups excluding carboxylic acids is 2. The van der Waals surface area contributed by atoms with Gasteiger partial charge in [-0.15, -0.1) is 0 Å². The first kappa shape index (κ1) is 23.3. The van der Waals surface area contributed by atoms with Gasteiger partial charge in [-0.25, -0.2) is 4.79 Å². The summed E-state index contributed by atoms with van der Waals surface area (Å²) in [7, 11) is 0. The number of aliphatic carboxylic acids is 1. The van der Waals surface area contributed by atoms with E-state index in [4.69, 9.17) is 9.84 Å². The minimum Gasteiger partial charge on any atom is -0.481 e. The van der Waals surface area contributed by atoms with E-state index >= 15 is 0 Å². The molecule has 0 spiro atoms. The van der Waals surface area contributed by atoms with E-state index in [1.165, 1.54) is 0 Å². The Morgan fingerprint density at radius 3 is 2.00 bits per heavy atom. The van der Waals surface area contributed by atoms with Crippen molar-refractivity contribution in [2.45, 2.75) is 51.6 Å². The second-order valence-electron chi connectivity index (χ2n) is 8.59. The summed E-state index contributed by atoms with van der Waals surface area (Å²) in [4.78, 5) is 35.6. The summed E-state index contributed by atoms with van der Waals surface area (Å²) in [6.07, 6.45) is -0.680. The van der Waals surface area contributed by atoms with Crippen molar-refractivity contribution in [3.05, 3.63) is 59.7 Å². The van der Waals surface area contributed by atoms with Crippen molar-refractivity contribution >= 4 is 18.0 Å². The van der Waals surface area contributed by atoms with Crippen LogP contribution in [0.1, 0.15) is 50.7 Å². The molecule has 32 heavy (non-hydrogen) atoms. The van der Waals surface area contributed by atoms with E-state index in [2.05, 4.69) is 34.9 Å². The van der Waals surface area contributed by atoms with Gasteiger partial charge in [0.2, 0.25) is 5.91 Å². The van der Waals surface area contributed by atoms with Gasteiger partial charge in [-0.05, 0) is 35.1 Å². The molecule has 0 aliphatic heterocycles. The quantitative estimate of drug-likeness (QED) is 0.550. The first-order valence-corrected chi connectivity index (χ1v) is 10.9. The molecule has 0 bridgehead atoms. The van der Waals surface area contributed by atoms with Crippen LogP contribution in [0.15, 0.2) is 48.5 Å². The van der Waals surface area contributed by atoms with Crippen molar-refractivity contribution in [2.24, 2.45) is 5.92 Å². The van der Waals surface area contributed by atoms with Crippen LogP contribution in [0.5, 0.6) is 0 Å². The molecule has 1 aliphatic rings. The summed E-state index contributed by atoms with van der Waals surface area (Å²) in [5, 5.41) is 14.3. The molecule has 0 heterocycles. The van der Waals surface area contributed by atoms with E-state index < -0.39 is 24.1 Å². The summed E-state index contributed by atoms with van der Waals surface area (Å²) >= 11 is 0. The van der Waals surface area contributed by atoms with Crippen LogP contribution >= 0.6 is 0 Å². The number of carbonyl (C=O) groups is 3. The normalized spacial score (nSPS) is 14.2. The van der Waals surface area contributed by atoms with Gasteiger partial charge in [-0.2, -0.15) is 0 Å². The zero-order valence-electron chi connectivity index (χ0n) is 18.6. The Morgan fingerprint density at radius 1 is 0.906 bits per heavy atom. The molecule has 1 aliphatic carbocycles. The monoisotopic (exact) mass is 438 g/mol. The molecule has 0 aromatic heterocycles. The second-order valence-corrected chi connectivity index (χ2v) is 8.59. The molecule has 2 aromatic carbocycles. The van der Waals surface area contributed by atoms with E-state index in [0.29, 0.717) is 0 Å². The number of fused-ring (bicyclic) bond motifs is 3. The zero-order valence-corrected chi connectivity index (χ0v) is 18.6. The minimum absolute atomic E-state index is 0.00369. The molecule has 170 valence electrons. The predicted molar refractivity (Wildman–Crippen MR) is 121 cm³/mol. The van der Waals surface area contributed by atoms with Crippen molar-refractivity contribution < 1.29 is 24.2 Å². The molecule has 2 aromatic rings. The average Bonchev–Trinajstić information content (AvgIpc) is 3.05. The number of hydrogen-bond acceptors (Lipinski definition) is 4. The van der Waals surface area contributed by atoms with Gasteiger partial charge in [0, 0.05) is 24.4 Å². The van der Waals surface area contributed by atoms with Gasteiger partial charge in [0.15, 0.2) is 0 Å². The van der Waals surface area contributed by atoms with Gasteiger partial charge < -0.3 is 20.5 Å². The molecule has 7 heteroatoms. The van der Waals surface area contributed by atoms with Crippen molar-refractivity contribution in [1.82, 2.24) is 10.6 Å². The molecule has 0 saturated heterocycles. The molecule has 0 radical (unpaired) electrons. The highest BCUT2D eigenvalue weighted by molar-refractivity contribution is 5.80. The number of carboxylic acid groups (broad SMARTS) is 1. The number of amides is 2. The topological polar surface area (TPSA) is 105 Å². The van der Waals surface area contributed by atoms with Crippen molar-refractivity contribution in [2.75, 3.05) is 6.61 Å². The first-order valence-electron chi connectivity index (χ1n) is 10.9. The molecule has 2 amide bonds. The highest BCUT2D eigenvalue weighted by atomic mass is 16.5. The molecule has 0 saturated carbocycles. The third-order valence-electron chi connectivity index (χ3n) is 5.75. The van der Waals surface area contributed by atoms with Crippen molar-refractivity contribution in [3.63, 3.8) is 0 Å². The number of rotatable bonds is 9. The summed E-state index contributed by atoms with van der Waals surface area (Å²) < 4.78 is 5.58. The fraction of sp³-hybridized carbons (Fsp3) is 0.400. The zero-order chi connectivity index (χ0) is 23.3. The summed E-state index contributed by atoms with van der Waals surface area (Å²) in [6.45, 7) is 5.65. The van der Waals surface area contributed by atoms with Crippen molar-refractivity contribution in [1.29, 1.82) is 0 Å². The SMILES string of the molecule is CC(C)C(CC(=O)N[C@@H](C)CC(=O)O)NC(=O)OCC1c2ccccc2-c2ccccc21. The Balaban J connectivity index is 1.58. The average molecular weight is 439 g/mol. The summed E-state index contributed by atoms with van der Waals surface area (Å²) in [6, 6.07) is 15.3. The molecule has 0 fully saturated rings. The van der Waals surface area contributed by atoms with E-state index in [1.54, 1.807) is 6.92 Å². The van der Waals surface area contributed by atoms with E-state index in [1.807, 2.05) is 38.1 Å². The number of alkyl carbamates (subject to hydrolysis) is 1. The molecule has 3 rings (SSSR count). The highest BCUT2D eigenvalue weighted by Crippen LogP contribution is 2.44. The Morgan fingerprint density at radius 2 is 1.47 bits per heavy atom. The van der Waals surface area contributed by atoms with Crippen LogP contribution in [0, 0.1) is 5.92 Å². The maximum Gasteiger partial charge on any atom is 0.407 e. The Hall–Kier alpha value is -3.35. The molecule has 3 N–H and O–H groups in total. The molecular weight excluding hydrogens is 408 g/mol. The lowest BCUT2D eigenvalue weighted by atomic mass is 9.98. The second kappa shape index (κ2) is 10.3. The number of ether oxygens (including phenoxy) is 1. The van der Waals surface area contributed by atoms with Gasteiger partial charge in [0.1, 0.15) is 6.61 Å². The number of nitrogens with one attached hydrogen (secondary N) is 2. The fourth-order valence-corrected chi connectivity index (χ4v) is 4.09. The fourth-order valence-electron chi connectivity index (χ4n) is 4.09. The Bertz CT molecular complexity index is 942. The Kier molecular flexibility index (Phi) is 7.51. The van der Waals surface area contributed by atoms with Gasteiger partial charge in [0.25, 0.3) is 0 Å². The third kappa shape index (κ3) is 5.66. The first-order chi connectivity index (χ1) is 15.3. The van der Waals surface area contributed by atoms with Gasteiger partial charge in [-0.3, -0.25) is 9.59 Å². The van der Waals surface area contributed by atoms with Crippen LogP contribution in [0.2, 0.25) is 0 Å². The van der Waals surface area contributed by atoms with E-state index in [9.17, 15) is 14.4 Å². The predicted octanol–water partition coefficient (Wildman–Crippen LogP) is 3.92. The minimum atomic E-state index is -0.977. The Labute approximate surface area is 188 Å². The molecule has 1 unspecified atom stereocenters. The summed E-state index contributed by atoms with van der Waals surface area (Å²) in [5.41, 5.74) is 4.58. The number of carboxylic acids is 1. The highest BCUT2D eigenvalue weighted by Gasteiger charge is 2.29. The smallest absolute Gasteiger partial charge is 0.407 e. The lowest BCUT2D eigenvalue weighted by Crippen LogP contribution is -2.44. The lowest BCUT2D eigenvalue weighted by Gasteiger charge is -2.23. The van der Waals surface area contributed by atoms with Crippen LogP contribution in [0.3, 0.4) is 0 Å². The molecule has 2 atom stereocenters. The van der Waals surface area contributed by atoms with Gasteiger partial charge in [0.05, 0.1) is 6.42 Å².